The van der Waals surface area contributed by atoms with Gasteiger partial charge in [-0.25, -0.2) is 0 Å². The normalized spacial score (nSPS) is 10.1. The number of carbonyl (C=O) groups excluding carboxylic acids is 1. The number of hydrogen-bond acceptors (Lipinski definition) is 4. The largest absolute Gasteiger partial charge is 0.496 e. The van der Waals surface area contributed by atoms with Gasteiger partial charge >= 0.3 is 0 Å². The summed E-state index contributed by atoms with van der Waals surface area (Å²) >= 11 is 1.36. The first-order valence-electron chi connectivity index (χ1n) is 5.38. The molecular weight excluding hydrogens is 248 g/mol. The summed E-state index contributed by atoms with van der Waals surface area (Å²) in [5.74, 6) is 0.623. The molecule has 1 aromatic carbocycles. The van der Waals surface area contributed by atoms with Gasteiger partial charge in [-0.2, -0.15) is 0 Å². The number of benzene rings is 1. The van der Waals surface area contributed by atoms with E-state index in [1.807, 2.05) is 12.1 Å². The maximum absolute atomic E-state index is 12.2. The molecule has 0 fully saturated rings. The van der Waals surface area contributed by atoms with Gasteiger partial charge in [-0.1, -0.05) is 6.07 Å². The molecule has 0 aliphatic heterocycles. The fourth-order valence-corrected chi connectivity index (χ4v) is 2.38. The molecule has 94 valence electrons. The highest BCUT2D eigenvalue weighted by molar-refractivity contribution is 7.12. The van der Waals surface area contributed by atoms with Gasteiger partial charge in [-0.15, -0.1) is 11.3 Å². The molecule has 1 amide bonds. The van der Waals surface area contributed by atoms with Crippen molar-refractivity contribution in [2.75, 3.05) is 24.8 Å². The number of rotatable bonds is 3. The van der Waals surface area contributed by atoms with Crippen molar-refractivity contribution in [2.24, 2.45) is 0 Å². The van der Waals surface area contributed by atoms with E-state index >= 15 is 0 Å². The molecule has 0 saturated heterocycles. The van der Waals surface area contributed by atoms with Crippen molar-refractivity contribution >= 4 is 28.6 Å². The molecule has 2 rings (SSSR count). The van der Waals surface area contributed by atoms with Crippen LogP contribution in [-0.4, -0.2) is 20.1 Å². The molecule has 18 heavy (non-hydrogen) atoms. The molecule has 0 radical (unpaired) electrons. The summed E-state index contributed by atoms with van der Waals surface area (Å²) in [6, 6.07) is 8.96. The molecule has 2 aromatic rings. The van der Waals surface area contributed by atoms with E-state index in [0.717, 1.165) is 5.69 Å². The van der Waals surface area contributed by atoms with E-state index < -0.39 is 0 Å². The van der Waals surface area contributed by atoms with E-state index in [1.54, 1.807) is 42.6 Å². The Morgan fingerprint density at radius 1 is 1.39 bits per heavy atom. The van der Waals surface area contributed by atoms with E-state index in [0.29, 0.717) is 16.3 Å². The molecule has 0 saturated carbocycles. The number of amides is 1. The van der Waals surface area contributed by atoms with E-state index in [-0.39, 0.29) is 5.91 Å². The number of nitrogen functional groups attached to an aromatic ring is 1. The van der Waals surface area contributed by atoms with Gasteiger partial charge in [-0.3, -0.25) is 4.79 Å². The molecule has 1 heterocycles. The zero-order chi connectivity index (χ0) is 13.1. The van der Waals surface area contributed by atoms with Crippen molar-refractivity contribution in [3.05, 3.63) is 40.6 Å². The van der Waals surface area contributed by atoms with E-state index in [4.69, 9.17) is 10.5 Å². The molecule has 5 heteroatoms. The molecule has 0 spiro atoms. The van der Waals surface area contributed by atoms with E-state index in [1.165, 1.54) is 11.3 Å². The fraction of sp³-hybridized carbons (Fsp3) is 0.154. The quantitative estimate of drug-likeness (QED) is 0.865. The molecule has 1 aromatic heterocycles. The molecule has 0 atom stereocenters. The second-order valence-corrected chi connectivity index (χ2v) is 4.72. The van der Waals surface area contributed by atoms with Crippen LogP contribution in [0.2, 0.25) is 0 Å². The minimum Gasteiger partial charge on any atom is -0.496 e. The number of anilines is 2. The van der Waals surface area contributed by atoms with Gasteiger partial charge in [0.1, 0.15) is 5.75 Å². The summed E-state index contributed by atoms with van der Waals surface area (Å²) in [5.41, 5.74) is 7.11. The lowest BCUT2D eigenvalue weighted by Crippen LogP contribution is -2.25. The Bertz CT molecular complexity index is 566. The first-order chi connectivity index (χ1) is 8.61. The monoisotopic (exact) mass is 262 g/mol. The van der Waals surface area contributed by atoms with Gasteiger partial charge in [-0.05, 0) is 18.2 Å². The van der Waals surface area contributed by atoms with Gasteiger partial charge in [0.05, 0.1) is 12.0 Å². The summed E-state index contributed by atoms with van der Waals surface area (Å²) in [4.78, 5) is 14.4. The van der Waals surface area contributed by atoms with Crippen LogP contribution < -0.4 is 15.4 Å². The Balaban J connectivity index is 2.23. The number of thiophene rings is 1. The molecule has 2 N–H and O–H groups in total. The smallest absolute Gasteiger partial charge is 0.268 e. The average Bonchev–Trinajstić information content (AvgIpc) is 2.85. The van der Waals surface area contributed by atoms with Gasteiger partial charge in [0, 0.05) is 29.9 Å². The van der Waals surface area contributed by atoms with Gasteiger partial charge in [0.2, 0.25) is 0 Å². The van der Waals surface area contributed by atoms with Crippen LogP contribution >= 0.6 is 11.3 Å². The Kier molecular flexibility index (Phi) is 3.53. The average molecular weight is 262 g/mol. The van der Waals surface area contributed by atoms with E-state index in [2.05, 4.69) is 0 Å². The molecule has 0 aliphatic rings. The Labute approximate surface area is 110 Å². The number of nitrogens with zero attached hydrogens (tertiary/aromatic N) is 1. The van der Waals surface area contributed by atoms with Crippen molar-refractivity contribution in [1.82, 2.24) is 0 Å². The van der Waals surface area contributed by atoms with Crippen molar-refractivity contribution in [1.29, 1.82) is 0 Å². The third kappa shape index (κ3) is 2.46. The number of ether oxygens (including phenoxy) is 1. The molecule has 0 bridgehead atoms. The lowest BCUT2D eigenvalue weighted by molar-refractivity contribution is 0.0996. The van der Waals surface area contributed by atoms with Crippen LogP contribution in [0.3, 0.4) is 0 Å². The first kappa shape index (κ1) is 12.4. The summed E-state index contributed by atoms with van der Waals surface area (Å²) < 4.78 is 5.07. The van der Waals surface area contributed by atoms with Crippen LogP contribution in [0, 0.1) is 0 Å². The number of methoxy groups -OCH3 is 1. The van der Waals surface area contributed by atoms with Gasteiger partial charge in [0.25, 0.3) is 5.91 Å². The zero-order valence-corrected chi connectivity index (χ0v) is 11.0. The van der Waals surface area contributed by atoms with Gasteiger partial charge in [0.15, 0.2) is 0 Å². The van der Waals surface area contributed by atoms with Crippen LogP contribution in [0.1, 0.15) is 9.67 Å². The maximum atomic E-state index is 12.2. The Morgan fingerprint density at radius 3 is 2.78 bits per heavy atom. The second kappa shape index (κ2) is 5.10. The number of hydrogen-bond donors (Lipinski definition) is 1. The van der Waals surface area contributed by atoms with Crippen molar-refractivity contribution in [3.8, 4) is 5.75 Å². The SMILES string of the molecule is COc1csc(C(=O)N(C)c2cccc(N)c2)c1. The lowest BCUT2D eigenvalue weighted by Gasteiger charge is -2.16. The summed E-state index contributed by atoms with van der Waals surface area (Å²) in [7, 11) is 3.31. The number of carbonyl (C=O) groups is 1. The highest BCUT2D eigenvalue weighted by Gasteiger charge is 2.16. The predicted octanol–water partition coefficient (Wildman–Crippen LogP) is 2.62. The fourth-order valence-electron chi connectivity index (χ4n) is 1.55. The third-order valence-corrected chi connectivity index (χ3v) is 3.48. The van der Waals surface area contributed by atoms with Crippen LogP contribution in [0.4, 0.5) is 11.4 Å². The van der Waals surface area contributed by atoms with Crippen LogP contribution in [-0.2, 0) is 0 Å². The molecule has 0 unspecified atom stereocenters. The van der Waals surface area contributed by atoms with Crippen LogP contribution in [0.25, 0.3) is 0 Å². The second-order valence-electron chi connectivity index (χ2n) is 3.81. The molecule has 0 aliphatic carbocycles. The Hall–Kier alpha value is -2.01. The highest BCUT2D eigenvalue weighted by Crippen LogP contribution is 2.24. The van der Waals surface area contributed by atoms with E-state index in [9.17, 15) is 4.79 Å². The standard InChI is InChI=1S/C13H14N2O2S/c1-15(10-5-3-4-9(14)6-10)13(16)12-7-11(17-2)8-18-12/h3-8H,14H2,1-2H3. The van der Waals surface area contributed by atoms with Crippen molar-refractivity contribution in [2.45, 2.75) is 0 Å². The molecule has 4 nitrogen and oxygen atoms in total. The Morgan fingerprint density at radius 2 is 2.17 bits per heavy atom. The van der Waals surface area contributed by atoms with Gasteiger partial charge < -0.3 is 15.4 Å². The van der Waals surface area contributed by atoms with Crippen molar-refractivity contribution < 1.29 is 9.53 Å². The maximum Gasteiger partial charge on any atom is 0.268 e. The number of nitrogens with two attached hydrogens (primary N) is 1. The first-order valence-corrected chi connectivity index (χ1v) is 6.26. The lowest BCUT2D eigenvalue weighted by atomic mass is 10.2. The van der Waals surface area contributed by atoms with Crippen LogP contribution in [0.5, 0.6) is 5.75 Å². The summed E-state index contributed by atoms with van der Waals surface area (Å²) in [6.45, 7) is 0. The summed E-state index contributed by atoms with van der Waals surface area (Å²) in [6.07, 6.45) is 0. The predicted molar refractivity (Wildman–Crippen MR) is 74.5 cm³/mol. The third-order valence-electron chi connectivity index (χ3n) is 2.58. The summed E-state index contributed by atoms with van der Waals surface area (Å²) in [5, 5.41) is 1.81. The van der Waals surface area contributed by atoms with Crippen LogP contribution in [0.15, 0.2) is 35.7 Å². The topological polar surface area (TPSA) is 55.6 Å². The minimum absolute atomic E-state index is 0.0751. The van der Waals surface area contributed by atoms with Crippen molar-refractivity contribution in [3.63, 3.8) is 0 Å². The molecular formula is C13H14N2O2S. The zero-order valence-electron chi connectivity index (χ0n) is 10.2. The highest BCUT2D eigenvalue weighted by atomic mass is 32.1. The minimum atomic E-state index is -0.0751.